The fourth-order valence-electron chi connectivity index (χ4n) is 0.0807. The fourth-order valence-corrected chi connectivity index (χ4v) is 0.600. The first kappa shape index (κ1) is 7.75. The Morgan fingerprint density at radius 1 is 1.71 bits per heavy atom. The third-order valence-electron chi connectivity index (χ3n) is 0.232. The summed E-state index contributed by atoms with van der Waals surface area (Å²) in [6.45, 7) is 0.975. The number of hydrogen-bond acceptors (Lipinski definition) is 3. The molecule has 0 rings (SSSR count). The van der Waals surface area contributed by atoms with Gasteiger partial charge in [0.25, 0.3) is 0 Å². The zero-order valence-electron chi connectivity index (χ0n) is 3.48. The molecule has 0 aliphatic heterocycles. The standard InChI is InChI=1S/BH5NO2P3/c3-2-1-7(4,5)6/h3H,5-6H2. The fraction of sp³-hybridized carbons (Fsp3) is 0. The molecule has 1 N–H and O–H groups in total. The molecule has 7 heavy (non-hydrogen) atoms. The minimum atomic E-state index is -2.37. The van der Waals surface area contributed by atoms with Crippen LogP contribution in [0.25, 0.3) is 0 Å². The second-order valence-electron chi connectivity index (χ2n) is 0.994. The number of nitrogens with zero attached hydrogens (tertiary/aromatic N) is 1. The second kappa shape index (κ2) is 2.92. The molecule has 0 radical (unpaired) electrons. The SMILES string of the molecule is O=P(P)(P)/B=N/O. The van der Waals surface area contributed by atoms with Crippen LogP contribution in [0.1, 0.15) is 0 Å². The molecule has 3 nitrogen and oxygen atoms in total. The molecule has 0 aliphatic rings. The summed E-state index contributed by atoms with van der Waals surface area (Å²) in [5.74, 6) is 0. The predicted molar refractivity (Wildman–Crippen MR) is 37.0 cm³/mol. The van der Waals surface area contributed by atoms with Crippen LogP contribution in [0.2, 0.25) is 0 Å². The van der Waals surface area contributed by atoms with Crippen LogP contribution in [0.15, 0.2) is 5.06 Å². The Kier molecular flexibility index (Phi) is 3.23. The Morgan fingerprint density at radius 3 is 2.14 bits per heavy atom. The Hall–Kier alpha value is 0.755. The van der Waals surface area contributed by atoms with Crippen LogP contribution in [0.3, 0.4) is 0 Å². The molecule has 2 atom stereocenters. The van der Waals surface area contributed by atoms with Gasteiger partial charge in [-0.2, -0.15) is 0 Å². The molecule has 7 heteroatoms. The maximum atomic E-state index is 10.4. The molecular weight excluding hydrogens is 150 g/mol. The first-order valence-corrected chi connectivity index (χ1v) is 6.43. The summed E-state index contributed by atoms with van der Waals surface area (Å²) in [4.78, 5) is 0. The molecule has 40 valence electrons. The zero-order chi connectivity index (χ0) is 5.91. The second-order valence-corrected chi connectivity index (χ2v) is 9.38. The molecule has 0 aromatic heterocycles. The average molecular weight is 155 g/mol. The molecule has 0 heterocycles. The molecule has 2 unspecified atom stereocenters. The molecule has 0 aromatic rings. The van der Waals surface area contributed by atoms with Crippen LogP contribution in [0, 0.1) is 0 Å². The summed E-state index contributed by atoms with van der Waals surface area (Å²) < 4.78 is 10.4. The first-order valence-electron chi connectivity index (χ1n) is 1.42. The zero-order valence-corrected chi connectivity index (χ0v) is 6.69. The van der Waals surface area contributed by atoms with Gasteiger partial charge in [0, 0.05) is 0 Å². The topological polar surface area (TPSA) is 49.7 Å². The molecule has 0 fully saturated rings. The van der Waals surface area contributed by atoms with Crippen molar-refractivity contribution in [1.29, 1.82) is 0 Å². The van der Waals surface area contributed by atoms with Crippen molar-refractivity contribution in [2.75, 3.05) is 0 Å². The van der Waals surface area contributed by atoms with E-state index in [1.54, 1.807) is 0 Å². The van der Waals surface area contributed by atoms with Gasteiger partial charge in [-0.1, -0.05) is 0 Å². The van der Waals surface area contributed by atoms with Crippen LogP contribution in [-0.2, 0) is 4.57 Å². The van der Waals surface area contributed by atoms with Crippen molar-refractivity contribution >= 4 is 31.0 Å². The Bertz CT molecular complexity index is 114. The molecule has 0 amide bonds. The van der Waals surface area contributed by atoms with Crippen molar-refractivity contribution in [3.8, 4) is 0 Å². The predicted octanol–water partition coefficient (Wildman–Crippen LogP) is 1.12. The monoisotopic (exact) mass is 155 g/mol. The Morgan fingerprint density at radius 2 is 2.14 bits per heavy atom. The van der Waals surface area contributed by atoms with E-state index in [0.29, 0.717) is 0 Å². The minimum absolute atomic E-state index is 0.975. The van der Waals surface area contributed by atoms with Gasteiger partial charge in [-0.05, 0) is 0 Å². The van der Waals surface area contributed by atoms with Crippen molar-refractivity contribution in [1.82, 2.24) is 0 Å². The van der Waals surface area contributed by atoms with E-state index >= 15 is 0 Å². The molecule has 0 spiro atoms. The normalized spacial score (nSPS) is 11.7. The third kappa shape index (κ3) is 6.75. The molecule has 0 bridgehead atoms. The Balaban J connectivity index is 3.82. The van der Waals surface area contributed by atoms with E-state index in [0.717, 1.165) is 6.79 Å². The van der Waals surface area contributed by atoms with Crippen molar-refractivity contribution in [3.63, 3.8) is 0 Å². The summed E-state index contributed by atoms with van der Waals surface area (Å²) in [6.07, 6.45) is -2.37. The molecule has 0 aliphatic carbocycles. The van der Waals surface area contributed by atoms with Crippen LogP contribution < -0.4 is 0 Å². The summed E-state index contributed by atoms with van der Waals surface area (Å²) in [7, 11) is 4.09. The van der Waals surface area contributed by atoms with Gasteiger partial charge in [0.1, 0.15) is 0 Å². The van der Waals surface area contributed by atoms with Gasteiger partial charge in [0.15, 0.2) is 0 Å². The van der Waals surface area contributed by atoms with Gasteiger partial charge in [-0.25, -0.2) is 0 Å². The van der Waals surface area contributed by atoms with E-state index in [9.17, 15) is 4.57 Å². The molecule has 0 saturated carbocycles. The summed E-state index contributed by atoms with van der Waals surface area (Å²) in [6, 6.07) is 0. The van der Waals surface area contributed by atoms with Crippen LogP contribution in [0.5, 0.6) is 0 Å². The molecule has 0 saturated heterocycles. The number of rotatable bonds is 1. The van der Waals surface area contributed by atoms with Crippen LogP contribution >= 0.6 is 24.3 Å². The van der Waals surface area contributed by atoms with E-state index in [1.807, 2.05) is 17.9 Å². The third-order valence-corrected chi connectivity index (χ3v) is 1.50. The van der Waals surface area contributed by atoms with Crippen molar-refractivity contribution < 1.29 is 9.77 Å². The van der Waals surface area contributed by atoms with E-state index < -0.39 is 6.40 Å². The van der Waals surface area contributed by atoms with Crippen LogP contribution in [-0.4, -0.2) is 12.0 Å². The average Bonchev–Trinajstić information content (AvgIpc) is 1.30. The van der Waals surface area contributed by atoms with Gasteiger partial charge in [-0.3, -0.25) is 0 Å². The first-order chi connectivity index (χ1) is 3.06. The van der Waals surface area contributed by atoms with Gasteiger partial charge >= 0.3 is 45.9 Å². The van der Waals surface area contributed by atoms with E-state index in [-0.39, 0.29) is 0 Å². The van der Waals surface area contributed by atoms with Gasteiger partial charge in [-0.15, -0.1) is 0 Å². The van der Waals surface area contributed by atoms with Crippen molar-refractivity contribution in [2.45, 2.75) is 0 Å². The molecule has 0 aromatic carbocycles. The van der Waals surface area contributed by atoms with E-state index in [2.05, 4.69) is 5.06 Å². The van der Waals surface area contributed by atoms with Crippen molar-refractivity contribution in [3.05, 3.63) is 0 Å². The maximum absolute atomic E-state index is 10.4. The van der Waals surface area contributed by atoms with Crippen molar-refractivity contribution in [2.24, 2.45) is 5.06 Å². The summed E-state index contributed by atoms with van der Waals surface area (Å²) >= 11 is 0. The Labute approximate surface area is 46.7 Å². The van der Waals surface area contributed by atoms with Gasteiger partial charge in [0.2, 0.25) is 0 Å². The summed E-state index contributed by atoms with van der Waals surface area (Å²) in [5, 5.41) is 10.3. The number of hydrogen-bond donors (Lipinski definition) is 1. The van der Waals surface area contributed by atoms with E-state index in [4.69, 9.17) is 5.21 Å². The van der Waals surface area contributed by atoms with E-state index in [1.165, 1.54) is 0 Å². The quantitative estimate of drug-likeness (QED) is 0.350. The summed E-state index contributed by atoms with van der Waals surface area (Å²) in [5.41, 5.74) is 0. The van der Waals surface area contributed by atoms with Crippen LogP contribution in [0.4, 0.5) is 0 Å². The molecular formula is H5BNO2P3. The van der Waals surface area contributed by atoms with Gasteiger partial charge in [0.05, 0.1) is 0 Å². The van der Waals surface area contributed by atoms with Gasteiger partial charge < -0.3 is 0 Å².